The summed E-state index contributed by atoms with van der Waals surface area (Å²) in [5, 5.41) is 6.05. The van der Waals surface area contributed by atoms with E-state index >= 15 is 0 Å². The maximum Gasteiger partial charge on any atom is 0.227 e. The number of benzene rings is 1. The van der Waals surface area contributed by atoms with E-state index in [1.807, 2.05) is 50.1 Å². The lowest BCUT2D eigenvalue weighted by Gasteiger charge is -2.23. The van der Waals surface area contributed by atoms with E-state index in [2.05, 4.69) is 20.6 Å². The molecule has 0 fully saturated rings. The molecule has 1 amide bonds. The zero-order valence-corrected chi connectivity index (χ0v) is 18.4. The minimum atomic E-state index is -0.120. The van der Waals surface area contributed by atoms with Crippen molar-refractivity contribution in [1.29, 1.82) is 0 Å². The Hall–Kier alpha value is -3.29. The molecule has 30 heavy (non-hydrogen) atoms. The first-order valence-electron chi connectivity index (χ1n) is 9.89. The molecule has 0 aliphatic heterocycles. The highest BCUT2D eigenvalue weighted by Gasteiger charge is 2.12. The Morgan fingerprint density at radius 2 is 2.00 bits per heavy atom. The highest BCUT2D eigenvalue weighted by atomic mass is 16.5. The molecular formula is C22H31N5O3. The molecule has 8 nitrogen and oxygen atoms in total. The van der Waals surface area contributed by atoms with Crippen LogP contribution in [0.3, 0.4) is 0 Å². The largest absolute Gasteiger partial charge is 0.497 e. The molecule has 2 aromatic rings. The summed E-state index contributed by atoms with van der Waals surface area (Å²) in [6.45, 7) is 5.64. The van der Waals surface area contributed by atoms with Crippen molar-refractivity contribution >= 4 is 17.7 Å². The van der Waals surface area contributed by atoms with Gasteiger partial charge in [0, 0.05) is 44.4 Å². The van der Waals surface area contributed by atoms with Crippen LogP contribution in [0.5, 0.6) is 11.5 Å². The third kappa shape index (κ3) is 6.95. The van der Waals surface area contributed by atoms with Crippen LogP contribution < -0.4 is 20.1 Å². The number of ether oxygens (including phenoxy) is 2. The number of rotatable bonds is 9. The molecule has 1 aromatic heterocycles. The molecule has 2 rings (SSSR count). The van der Waals surface area contributed by atoms with Crippen LogP contribution in [0.4, 0.5) is 5.82 Å². The van der Waals surface area contributed by atoms with Crippen LogP contribution >= 0.6 is 0 Å². The fraction of sp³-hybridized carbons (Fsp3) is 0.409. The minimum Gasteiger partial charge on any atom is -0.497 e. The molecule has 0 bridgehead atoms. The average molecular weight is 414 g/mol. The molecule has 0 saturated heterocycles. The first-order valence-corrected chi connectivity index (χ1v) is 9.89. The van der Waals surface area contributed by atoms with Crippen LogP contribution in [0, 0.1) is 6.92 Å². The number of guanidine groups is 1. The van der Waals surface area contributed by atoms with Gasteiger partial charge in [0.1, 0.15) is 17.3 Å². The van der Waals surface area contributed by atoms with E-state index in [1.54, 1.807) is 26.5 Å². The highest BCUT2D eigenvalue weighted by Crippen LogP contribution is 2.25. The third-order valence-electron chi connectivity index (χ3n) is 4.38. The van der Waals surface area contributed by atoms with Gasteiger partial charge in [-0.3, -0.25) is 9.79 Å². The lowest BCUT2D eigenvalue weighted by Crippen LogP contribution is -2.38. The number of carbonyl (C=O) groups excluding carboxylic acids is 1. The van der Waals surface area contributed by atoms with Gasteiger partial charge in [0.15, 0.2) is 5.96 Å². The number of aryl methyl sites for hydroxylation is 1. The Labute approximate surface area is 178 Å². The van der Waals surface area contributed by atoms with E-state index in [1.165, 1.54) is 0 Å². The van der Waals surface area contributed by atoms with Gasteiger partial charge in [-0.2, -0.15) is 0 Å². The molecule has 0 unspecified atom stereocenters. The maximum absolute atomic E-state index is 12.2. The van der Waals surface area contributed by atoms with E-state index in [9.17, 15) is 4.79 Å². The Balaban J connectivity index is 1.97. The summed E-state index contributed by atoms with van der Waals surface area (Å²) in [4.78, 5) is 22.9. The number of aliphatic imine (C=N–C) groups is 1. The smallest absolute Gasteiger partial charge is 0.227 e. The van der Waals surface area contributed by atoms with Crippen molar-refractivity contribution in [3.63, 3.8) is 0 Å². The number of hydrogen-bond acceptors (Lipinski definition) is 5. The van der Waals surface area contributed by atoms with Gasteiger partial charge < -0.3 is 25.0 Å². The predicted octanol–water partition coefficient (Wildman–Crippen LogP) is 2.83. The quantitative estimate of drug-likeness (QED) is 0.486. The number of aromatic nitrogens is 1. The first kappa shape index (κ1) is 23.0. The van der Waals surface area contributed by atoms with Crippen molar-refractivity contribution in [2.75, 3.05) is 39.7 Å². The summed E-state index contributed by atoms with van der Waals surface area (Å²) in [6, 6.07) is 9.43. The maximum atomic E-state index is 12.2. The number of nitrogens with zero attached hydrogens (tertiary/aromatic N) is 3. The Morgan fingerprint density at radius 1 is 1.20 bits per heavy atom. The normalized spacial score (nSPS) is 11.0. The molecule has 0 saturated carbocycles. The van der Waals surface area contributed by atoms with Crippen molar-refractivity contribution in [3.8, 4) is 11.5 Å². The summed E-state index contributed by atoms with van der Waals surface area (Å²) < 4.78 is 10.7. The van der Waals surface area contributed by atoms with Gasteiger partial charge in [0.25, 0.3) is 0 Å². The molecule has 0 spiro atoms. The van der Waals surface area contributed by atoms with E-state index in [0.717, 1.165) is 35.1 Å². The van der Waals surface area contributed by atoms with Gasteiger partial charge in [0.05, 0.1) is 20.8 Å². The molecule has 0 aliphatic carbocycles. The van der Waals surface area contributed by atoms with Crippen molar-refractivity contribution in [1.82, 2.24) is 15.2 Å². The molecule has 8 heteroatoms. The zero-order valence-electron chi connectivity index (χ0n) is 18.4. The minimum absolute atomic E-state index is 0.120. The summed E-state index contributed by atoms with van der Waals surface area (Å²) >= 11 is 0. The molecule has 0 aliphatic rings. The lowest BCUT2D eigenvalue weighted by molar-refractivity contribution is -0.116. The topological polar surface area (TPSA) is 88.1 Å². The fourth-order valence-corrected chi connectivity index (χ4v) is 2.79. The van der Waals surface area contributed by atoms with Crippen LogP contribution in [0.25, 0.3) is 0 Å². The van der Waals surface area contributed by atoms with Gasteiger partial charge in [-0.05, 0) is 37.6 Å². The molecule has 1 heterocycles. The second-order valence-electron chi connectivity index (χ2n) is 6.79. The van der Waals surface area contributed by atoms with Crippen molar-refractivity contribution in [3.05, 3.63) is 47.7 Å². The van der Waals surface area contributed by atoms with Crippen LogP contribution in [-0.2, 0) is 11.3 Å². The summed E-state index contributed by atoms with van der Waals surface area (Å²) in [5.74, 6) is 2.64. The Morgan fingerprint density at radius 3 is 2.63 bits per heavy atom. The summed E-state index contributed by atoms with van der Waals surface area (Å²) in [6.07, 6.45) is 1.99. The predicted molar refractivity (Wildman–Crippen MR) is 119 cm³/mol. The summed E-state index contributed by atoms with van der Waals surface area (Å²) in [5.41, 5.74) is 2.05. The van der Waals surface area contributed by atoms with Crippen LogP contribution in [0.2, 0.25) is 0 Å². The molecule has 0 atom stereocenters. The standard InChI is InChI=1S/C22H31N5O3/c1-6-23-22(24-12-11-21(28)26-20-10-7-16(2)14-25-20)27(3)15-17-8-9-18(29-4)13-19(17)30-5/h7-10,13-14H,6,11-12,15H2,1-5H3,(H,23,24)(H,25,26,28). The zero-order chi connectivity index (χ0) is 21.9. The van der Waals surface area contributed by atoms with Gasteiger partial charge in [0.2, 0.25) is 5.91 Å². The van der Waals surface area contributed by atoms with Crippen molar-refractivity contribution in [2.45, 2.75) is 26.8 Å². The number of methoxy groups -OCH3 is 2. The Bertz CT molecular complexity index is 852. The van der Waals surface area contributed by atoms with Crippen LogP contribution in [0.1, 0.15) is 24.5 Å². The van der Waals surface area contributed by atoms with Crippen molar-refractivity contribution in [2.24, 2.45) is 4.99 Å². The lowest BCUT2D eigenvalue weighted by atomic mass is 10.2. The van der Waals surface area contributed by atoms with E-state index < -0.39 is 0 Å². The summed E-state index contributed by atoms with van der Waals surface area (Å²) in [7, 11) is 5.21. The van der Waals surface area contributed by atoms with Gasteiger partial charge in [-0.25, -0.2) is 4.98 Å². The number of nitrogens with one attached hydrogen (secondary N) is 2. The second-order valence-corrected chi connectivity index (χ2v) is 6.79. The van der Waals surface area contributed by atoms with E-state index in [4.69, 9.17) is 9.47 Å². The number of carbonyl (C=O) groups is 1. The molecule has 2 N–H and O–H groups in total. The van der Waals surface area contributed by atoms with Crippen molar-refractivity contribution < 1.29 is 14.3 Å². The van der Waals surface area contributed by atoms with Crippen LogP contribution in [-0.4, -0.2) is 56.1 Å². The van der Waals surface area contributed by atoms with Crippen LogP contribution in [0.15, 0.2) is 41.5 Å². The molecule has 1 aromatic carbocycles. The number of anilines is 1. The van der Waals surface area contributed by atoms with Gasteiger partial charge >= 0.3 is 0 Å². The molecule has 0 radical (unpaired) electrons. The monoisotopic (exact) mass is 413 g/mol. The molecular weight excluding hydrogens is 382 g/mol. The number of hydrogen-bond donors (Lipinski definition) is 2. The first-order chi connectivity index (χ1) is 14.5. The second kappa shape index (κ2) is 11.6. The SMILES string of the molecule is CCNC(=NCCC(=O)Nc1ccc(C)cn1)N(C)Cc1ccc(OC)cc1OC. The van der Waals surface area contributed by atoms with E-state index in [0.29, 0.717) is 18.9 Å². The molecule has 162 valence electrons. The van der Waals surface area contributed by atoms with Gasteiger partial charge in [-0.1, -0.05) is 6.07 Å². The average Bonchev–Trinajstić information content (AvgIpc) is 2.75. The Kier molecular flexibility index (Phi) is 8.93. The number of pyridine rings is 1. The number of amides is 1. The van der Waals surface area contributed by atoms with Gasteiger partial charge in [-0.15, -0.1) is 0 Å². The third-order valence-corrected chi connectivity index (χ3v) is 4.38. The fourth-order valence-electron chi connectivity index (χ4n) is 2.79. The highest BCUT2D eigenvalue weighted by molar-refractivity contribution is 5.90. The van der Waals surface area contributed by atoms with E-state index in [-0.39, 0.29) is 12.3 Å².